The van der Waals surface area contributed by atoms with Gasteiger partial charge in [0.15, 0.2) is 5.78 Å². The van der Waals surface area contributed by atoms with Crippen LogP contribution in [0.25, 0.3) is 0 Å². The topological polar surface area (TPSA) is 25.2 Å². The van der Waals surface area contributed by atoms with Gasteiger partial charge >= 0.3 is 6.18 Å². The predicted molar refractivity (Wildman–Crippen MR) is 72.1 cm³/mol. The van der Waals surface area contributed by atoms with Crippen LogP contribution in [-0.2, 0) is 6.54 Å². The fourth-order valence-corrected chi connectivity index (χ4v) is 2.39. The molecule has 114 valence electrons. The molecule has 1 aromatic rings. The highest BCUT2D eigenvalue weighted by molar-refractivity contribution is 5.99. The zero-order valence-electron chi connectivity index (χ0n) is 12.3. The Morgan fingerprint density at radius 1 is 1.30 bits per heavy atom. The second-order valence-electron chi connectivity index (χ2n) is 4.87. The van der Waals surface area contributed by atoms with Gasteiger partial charge in [-0.25, -0.2) is 0 Å². The molecule has 0 aliphatic rings. The van der Waals surface area contributed by atoms with Crippen molar-refractivity contribution in [2.45, 2.75) is 40.4 Å². The van der Waals surface area contributed by atoms with Crippen molar-refractivity contribution in [2.75, 3.05) is 19.6 Å². The third-order valence-electron chi connectivity index (χ3n) is 3.41. The van der Waals surface area contributed by atoms with Crippen molar-refractivity contribution in [1.29, 1.82) is 0 Å². The largest absolute Gasteiger partial charge is 0.401 e. The summed E-state index contributed by atoms with van der Waals surface area (Å²) in [6, 6.07) is 1.75. The zero-order chi connectivity index (χ0) is 15.5. The van der Waals surface area contributed by atoms with Crippen LogP contribution >= 0.6 is 0 Å². The Labute approximate surface area is 117 Å². The van der Waals surface area contributed by atoms with Crippen LogP contribution in [0.2, 0.25) is 0 Å². The summed E-state index contributed by atoms with van der Waals surface area (Å²) in [6.45, 7) is 6.98. The van der Waals surface area contributed by atoms with Crippen LogP contribution in [0.1, 0.15) is 35.6 Å². The lowest BCUT2D eigenvalue weighted by atomic mass is 10.1. The summed E-state index contributed by atoms with van der Waals surface area (Å²) in [5.41, 5.74) is 2.29. The number of nitrogens with zero attached hydrogens (tertiary/aromatic N) is 2. The van der Waals surface area contributed by atoms with Crippen LogP contribution in [0.5, 0.6) is 0 Å². The molecule has 20 heavy (non-hydrogen) atoms. The summed E-state index contributed by atoms with van der Waals surface area (Å²) in [6.07, 6.45) is -4.28. The van der Waals surface area contributed by atoms with Crippen molar-refractivity contribution in [3.63, 3.8) is 0 Å². The first kappa shape index (κ1) is 16.8. The molecule has 0 unspecified atom stereocenters. The van der Waals surface area contributed by atoms with E-state index in [2.05, 4.69) is 0 Å². The minimum Gasteiger partial charge on any atom is -0.349 e. The Balaban J connectivity index is 2.85. The molecule has 0 saturated heterocycles. The van der Waals surface area contributed by atoms with Crippen LogP contribution in [0.3, 0.4) is 0 Å². The smallest absolute Gasteiger partial charge is 0.349 e. The Morgan fingerprint density at radius 2 is 1.90 bits per heavy atom. The summed E-state index contributed by atoms with van der Waals surface area (Å²) in [5.74, 6) is -0.260. The normalized spacial score (nSPS) is 12.2. The molecular formula is C14H21F3N2O. The number of hydrogen-bond acceptors (Lipinski definition) is 2. The number of carbonyl (C=O) groups is 1. The molecule has 0 bridgehead atoms. The van der Waals surface area contributed by atoms with E-state index in [4.69, 9.17) is 0 Å². The summed E-state index contributed by atoms with van der Waals surface area (Å²) >= 11 is 0. The molecule has 0 N–H and O–H groups in total. The summed E-state index contributed by atoms with van der Waals surface area (Å²) in [7, 11) is 0. The Morgan fingerprint density at radius 3 is 2.30 bits per heavy atom. The molecule has 6 heteroatoms. The molecule has 0 radical (unpaired) electrons. The van der Waals surface area contributed by atoms with Gasteiger partial charge in [-0.15, -0.1) is 0 Å². The van der Waals surface area contributed by atoms with Crippen LogP contribution in [0.4, 0.5) is 13.2 Å². The molecular weight excluding hydrogens is 269 g/mol. The fraction of sp³-hybridized carbons (Fsp3) is 0.643. The summed E-state index contributed by atoms with van der Waals surface area (Å²) in [5, 5.41) is 0. The van der Waals surface area contributed by atoms with Gasteiger partial charge in [0.1, 0.15) is 0 Å². The molecule has 0 aliphatic heterocycles. The Kier molecular flexibility index (Phi) is 5.39. The van der Waals surface area contributed by atoms with Gasteiger partial charge in [-0.1, -0.05) is 6.92 Å². The maximum atomic E-state index is 12.4. The van der Waals surface area contributed by atoms with Gasteiger partial charge in [-0.05, 0) is 33.4 Å². The molecule has 3 nitrogen and oxygen atoms in total. The zero-order valence-corrected chi connectivity index (χ0v) is 12.3. The number of aromatic nitrogens is 1. The molecule has 1 rings (SSSR count). The Hall–Kier alpha value is -1.30. The Bertz CT molecular complexity index is 477. The van der Waals surface area contributed by atoms with E-state index in [1.807, 2.05) is 25.3 Å². The van der Waals surface area contributed by atoms with E-state index >= 15 is 0 Å². The van der Waals surface area contributed by atoms with Gasteiger partial charge in [-0.3, -0.25) is 9.69 Å². The fourth-order valence-electron chi connectivity index (χ4n) is 2.39. The molecule has 0 saturated carbocycles. The standard InChI is InChI=1S/C14H21F3N2O/c1-5-18(9-14(15,16)17)8-13(20)12-7-10(3)19(6-2)11(12)4/h7H,5-6,8-9H2,1-4H3. The van der Waals surface area contributed by atoms with Crippen molar-refractivity contribution >= 4 is 5.78 Å². The van der Waals surface area contributed by atoms with E-state index in [1.165, 1.54) is 0 Å². The molecule has 0 atom stereocenters. The molecule has 0 amide bonds. The number of carbonyl (C=O) groups excluding carboxylic acids is 1. The molecule has 0 fully saturated rings. The maximum Gasteiger partial charge on any atom is 0.401 e. The van der Waals surface area contributed by atoms with Gasteiger partial charge in [-0.2, -0.15) is 13.2 Å². The highest BCUT2D eigenvalue weighted by atomic mass is 19.4. The minimum atomic E-state index is -4.28. The van der Waals surface area contributed by atoms with Crippen molar-refractivity contribution in [2.24, 2.45) is 0 Å². The van der Waals surface area contributed by atoms with E-state index in [1.54, 1.807) is 13.0 Å². The van der Waals surface area contributed by atoms with E-state index in [0.29, 0.717) is 5.56 Å². The number of alkyl halides is 3. The van der Waals surface area contributed by atoms with Crippen molar-refractivity contribution < 1.29 is 18.0 Å². The van der Waals surface area contributed by atoms with E-state index in [9.17, 15) is 18.0 Å². The molecule has 1 aromatic heterocycles. The number of likely N-dealkylation sites (N-methyl/N-ethyl adjacent to an activating group) is 1. The maximum absolute atomic E-state index is 12.4. The highest BCUT2D eigenvalue weighted by Gasteiger charge is 2.31. The van der Waals surface area contributed by atoms with Crippen molar-refractivity contribution in [1.82, 2.24) is 9.47 Å². The predicted octanol–water partition coefficient (Wildman–Crippen LogP) is 3.19. The van der Waals surface area contributed by atoms with Crippen LogP contribution in [-0.4, -0.2) is 41.1 Å². The van der Waals surface area contributed by atoms with Crippen LogP contribution < -0.4 is 0 Å². The molecule has 0 spiro atoms. The monoisotopic (exact) mass is 290 g/mol. The average molecular weight is 290 g/mol. The lowest BCUT2D eigenvalue weighted by molar-refractivity contribution is -0.144. The second kappa shape index (κ2) is 6.43. The van der Waals surface area contributed by atoms with Crippen molar-refractivity contribution in [3.05, 3.63) is 23.0 Å². The number of aryl methyl sites for hydroxylation is 1. The van der Waals surface area contributed by atoms with Gasteiger partial charge in [0, 0.05) is 23.5 Å². The number of Topliss-reactive ketones (excluding diaryl/α,β-unsaturated/α-hetero) is 1. The quantitative estimate of drug-likeness (QED) is 0.752. The first-order chi connectivity index (χ1) is 9.19. The van der Waals surface area contributed by atoms with Gasteiger partial charge in [0.25, 0.3) is 0 Å². The summed E-state index contributed by atoms with van der Waals surface area (Å²) < 4.78 is 39.2. The van der Waals surface area contributed by atoms with Gasteiger partial charge in [0.05, 0.1) is 13.1 Å². The van der Waals surface area contributed by atoms with Gasteiger partial charge < -0.3 is 4.57 Å². The lowest BCUT2D eigenvalue weighted by Gasteiger charge is -2.21. The first-order valence-corrected chi connectivity index (χ1v) is 6.68. The number of hydrogen-bond donors (Lipinski definition) is 0. The molecule has 0 aliphatic carbocycles. The summed E-state index contributed by atoms with van der Waals surface area (Å²) in [4.78, 5) is 13.3. The third kappa shape index (κ3) is 4.10. The number of halogens is 3. The van der Waals surface area contributed by atoms with Crippen LogP contribution in [0.15, 0.2) is 6.07 Å². The number of rotatable bonds is 6. The van der Waals surface area contributed by atoms with E-state index in [-0.39, 0.29) is 18.9 Å². The SMILES string of the molecule is CCN(CC(=O)c1cc(C)n(CC)c1C)CC(F)(F)F. The molecule has 0 aromatic carbocycles. The van der Waals surface area contributed by atoms with Gasteiger partial charge in [0.2, 0.25) is 0 Å². The average Bonchev–Trinajstić information content (AvgIpc) is 2.61. The first-order valence-electron chi connectivity index (χ1n) is 6.68. The third-order valence-corrected chi connectivity index (χ3v) is 3.41. The lowest BCUT2D eigenvalue weighted by Crippen LogP contribution is -2.37. The second-order valence-corrected chi connectivity index (χ2v) is 4.87. The van der Waals surface area contributed by atoms with Crippen LogP contribution in [0, 0.1) is 13.8 Å². The van der Waals surface area contributed by atoms with E-state index in [0.717, 1.165) is 22.8 Å². The number of ketones is 1. The molecule has 1 heterocycles. The van der Waals surface area contributed by atoms with Crippen molar-refractivity contribution in [3.8, 4) is 0 Å². The highest BCUT2D eigenvalue weighted by Crippen LogP contribution is 2.19. The van der Waals surface area contributed by atoms with E-state index < -0.39 is 12.7 Å². The minimum absolute atomic E-state index is 0.192.